The van der Waals surface area contributed by atoms with Crippen LogP contribution in [-0.2, 0) is 10.0 Å². The average Bonchev–Trinajstić information content (AvgIpc) is 3.25. The second kappa shape index (κ2) is 8.75. The topological polar surface area (TPSA) is 162 Å². The van der Waals surface area contributed by atoms with Crippen LogP contribution in [0, 0.1) is 17.0 Å². The van der Waals surface area contributed by atoms with Crippen molar-refractivity contribution in [3.63, 3.8) is 0 Å². The van der Waals surface area contributed by atoms with Crippen molar-refractivity contribution >= 4 is 21.6 Å². The molecule has 1 amide bonds. The Balaban J connectivity index is 1.56. The summed E-state index contributed by atoms with van der Waals surface area (Å²) in [7, 11) is -3.94. The number of aromatic nitrogens is 4. The maximum atomic E-state index is 12.3. The van der Waals surface area contributed by atoms with E-state index in [0.29, 0.717) is 5.56 Å². The molecule has 0 atom stereocenters. The first-order valence-electron chi connectivity index (χ1n) is 8.64. The van der Waals surface area contributed by atoms with E-state index >= 15 is 0 Å². The lowest BCUT2D eigenvalue weighted by Crippen LogP contribution is -2.34. The van der Waals surface area contributed by atoms with E-state index in [0.717, 1.165) is 17.3 Å². The molecule has 0 radical (unpaired) electrons. The van der Waals surface area contributed by atoms with Crippen LogP contribution in [0.5, 0.6) is 0 Å². The van der Waals surface area contributed by atoms with Gasteiger partial charge in [0.15, 0.2) is 0 Å². The number of nitrogens with zero attached hydrogens (tertiary/aromatic N) is 5. The number of nitro groups is 1. The summed E-state index contributed by atoms with van der Waals surface area (Å²) in [6, 6.07) is 9.68. The second-order valence-electron chi connectivity index (χ2n) is 6.16. The minimum absolute atomic E-state index is 0.0286. The van der Waals surface area contributed by atoms with Crippen LogP contribution < -0.4 is 10.0 Å². The van der Waals surface area contributed by atoms with E-state index < -0.39 is 14.9 Å². The smallest absolute Gasteiger partial charge is 0.270 e. The quantitative estimate of drug-likeness (QED) is 0.297. The normalized spacial score (nSPS) is 11.2. The van der Waals surface area contributed by atoms with Gasteiger partial charge in [-0.1, -0.05) is 6.07 Å². The van der Waals surface area contributed by atoms with Crippen LogP contribution in [0.1, 0.15) is 15.9 Å². The third-order valence-electron chi connectivity index (χ3n) is 4.10. The second-order valence-corrected chi connectivity index (χ2v) is 7.93. The molecule has 30 heavy (non-hydrogen) atoms. The van der Waals surface area contributed by atoms with Crippen LogP contribution in [0.4, 0.5) is 5.69 Å². The number of non-ortho nitro benzene ring substituents is 1. The van der Waals surface area contributed by atoms with Gasteiger partial charge in [0.05, 0.1) is 15.5 Å². The Morgan fingerprint density at radius 3 is 2.67 bits per heavy atom. The fourth-order valence-electron chi connectivity index (χ4n) is 2.64. The third kappa shape index (κ3) is 4.82. The summed E-state index contributed by atoms with van der Waals surface area (Å²) in [5.74, 6) is -0.379. The lowest BCUT2D eigenvalue weighted by Gasteiger charge is -2.10. The van der Waals surface area contributed by atoms with Gasteiger partial charge in [0.1, 0.15) is 6.33 Å². The van der Waals surface area contributed by atoms with Crippen molar-refractivity contribution < 1.29 is 18.1 Å². The molecule has 0 bridgehead atoms. The molecule has 12 nitrogen and oxygen atoms in total. The lowest BCUT2D eigenvalue weighted by molar-refractivity contribution is -0.385. The van der Waals surface area contributed by atoms with Crippen molar-refractivity contribution in [1.29, 1.82) is 0 Å². The SMILES string of the molecule is Cc1cc(C(=O)NCCNS(=O)(=O)c2cccc([N+](=O)[O-])c2)ccc1-n1cnnn1. The van der Waals surface area contributed by atoms with E-state index in [2.05, 4.69) is 25.6 Å². The molecule has 0 saturated heterocycles. The van der Waals surface area contributed by atoms with Gasteiger partial charge in [-0.05, 0) is 47.2 Å². The van der Waals surface area contributed by atoms with E-state index in [4.69, 9.17) is 0 Å². The number of nitro benzene ring substituents is 1. The Bertz CT molecular complexity index is 1180. The average molecular weight is 431 g/mol. The minimum Gasteiger partial charge on any atom is -0.351 e. The van der Waals surface area contributed by atoms with Crippen molar-refractivity contribution in [3.05, 3.63) is 70.0 Å². The number of aryl methyl sites for hydroxylation is 1. The van der Waals surface area contributed by atoms with E-state index in [-0.39, 0.29) is 29.6 Å². The van der Waals surface area contributed by atoms with Crippen molar-refractivity contribution in [1.82, 2.24) is 30.2 Å². The molecule has 0 unspecified atom stereocenters. The molecule has 0 aliphatic carbocycles. The zero-order valence-electron chi connectivity index (χ0n) is 15.7. The van der Waals surface area contributed by atoms with E-state index in [1.165, 1.54) is 29.2 Å². The first kappa shape index (κ1) is 21.0. The number of benzene rings is 2. The van der Waals surface area contributed by atoms with Crippen molar-refractivity contribution in [2.24, 2.45) is 0 Å². The molecule has 0 saturated carbocycles. The summed E-state index contributed by atoms with van der Waals surface area (Å²) >= 11 is 0. The Morgan fingerprint density at radius 2 is 2.00 bits per heavy atom. The highest BCUT2D eigenvalue weighted by Gasteiger charge is 2.17. The molecule has 0 aliphatic heterocycles. The number of sulfonamides is 1. The largest absolute Gasteiger partial charge is 0.351 e. The van der Waals surface area contributed by atoms with Crippen LogP contribution in [0.2, 0.25) is 0 Å². The van der Waals surface area contributed by atoms with Gasteiger partial charge in [-0.2, -0.15) is 0 Å². The molecule has 0 aliphatic rings. The predicted octanol–water partition coefficient (Wildman–Crippen LogP) is 0.587. The van der Waals surface area contributed by atoms with Crippen molar-refractivity contribution in [3.8, 4) is 5.69 Å². The Morgan fingerprint density at radius 1 is 1.20 bits per heavy atom. The highest BCUT2D eigenvalue weighted by molar-refractivity contribution is 7.89. The number of hydrogen-bond donors (Lipinski definition) is 2. The molecule has 0 fully saturated rings. The molecule has 13 heteroatoms. The Hall–Kier alpha value is -3.71. The van der Waals surface area contributed by atoms with Gasteiger partial charge < -0.3 is 5.32 Å². The third-order valence-corrected chi connectivity index (χ3v) is 5.55. The van der Waals surface area contributed by atoms with E-state index in [9.17, 15) is 23.3 Å². The standard InChI is InChI=1S/C17H17N7O5S/c1-12-9-13(5-6-16(12)23-11-19-21-22-23)17(25)18-7-8-20-30(28,29)15-4-2-3-14(10-15)24(26)27/h2-6,9-11,20H,7-8H2,1H3,(H,18,25). The highest BCUT2D eigenvalue weighted by Crippen LogP contribution is 2.17. The minimum atomic E-state index is -3.94. The molecular formula is C17H17N7O5S. The van der Waals surface area contributed by atoms with Gasteiger partial charge in [0.25, 0.3) is 11.6 Å². The Labute approximate surface area is 171 Å². The molecule has 3 rings (SSSR count). The lowest BCUT2D eigenvalue weighted by atomic mass is 10.1. The summed E-state index contributed by atoms with van der Waals surface area (Å²) in [6.45, 7) is 1.75. The monoisotopic (exact) mass is 431 g/mol. The molecule has 156 valence electrons. The van der Waals surface area contributed by atoms with Crippen LogP contribution in [0.15, 0.2) is 53.7 Å². The molecule has 2 aromatic carbocycles. The van der Waals surface area contributed by atoms with Gasteiger partial charge in [-0.3, -0.25) is 14.9 Å². The van der Waals surface area contributed by atoms with Gasteiger partial charge in [0, 0.05) is 30.8 Å². The molecule has 0 spiro atoms. The number of tetrazole rings is 1. The Kier molecular flexibility index (Phi) is 6.13. The van der Waals surface area contributed by atoms with Crippen LogP contribution in [-0.4, -0.2) is 52.5 Å². The first-order valence-corrected chi connectivity index (χ1v) is 10.1. The van der Waals surface area contributed by atoms with Gasteiger partial charge in [-0.15, -0.1) is 5.10 Å². The van der Waals surface area contributed by atoms with Crippen LogP contribution >= 0.6 is 0 Å². The number of carbonyl (C=O) groups excluding carboxylic acids is 1. The summed E-state index contributed by atoms with van der Waals surface area (Å²) in [4.78, 5) is 22.2. The summed E-state index contributed by atoms with van der Waals surface area (Å²) in [5.41, 5.74) is 1.57. The van der Waals surface area contributed by atoms with Gasteiger partial charge in [0.2, 0.25) is 10.0 Å². The van der Waals surface area contributed by atoms with Crippen LogP contribution in [0.3, 0.4) is 0 Å². The predicted molar refractivity (Wildman–Crippen MR) is 105 cm³/mol. The number of amides is 1. The zero-order valence-corrected chi connectivity index (χ0v) is 16.5. The molecule has 3 aromatic rings. The van der Waals surface area contributed by atoms with Crippen LogP contribution in [0.25, 0.3) is 5.69 Å². The number of hydrogen-bond acceptors (Lipinski definition) is 8. The van der Waals surface area contributed by atoms with E-state index in [1.807, 2.05) is 0 Å². The maximum absolute atomic E-state index is 12.3. The molecule has 2 N–H and O–H groups in total. The molecule has 1 aromatic heterocycles. The fraction of sp³-hybridized carbons (Fsp3) is 0.176. The van der Waals surface area contributed by atoms with E-state index in [1.54, 1.807) is 25.1 Å². The molecule has 1 heterocycles. The van der Waals surface area contributed by atoms with Crippen molar-refractivity contribution in [2.75, 3.05) is 13.1 Å². The maximum Gasteiger partial charge on any atom is 0.270 e. The van der Waals surface area contributed by atoms with Gasteiger partial charge >= 0.3 is 0 Å². The number of nitrogens with one attached hydrogen (secondary N) is 2. The van der Waals surface area contributed by atoms with Crippen molar-refractivity contribution in [2.45, 2.75) is 11.8 Å². The van der Waals surface area contributed by atoms with Gasteiger partial charge in [-0.25, -0.2) is 17.8 Å². The number of rotatable bonds is 8. The summed E-state index contributed by atoms with van der Waals surface area (Å²) < 4.78 is 28.3. The first-order chi connectivity index (χ1) is 14.3. The number of carbonyl (C=O) groups is 1. The fourth-order valence-corrected chi connectivity index (χ4v) is 3.71. The summed E-state index contributed by atoms with van der Waals surface area (Å²) in [6.07, 6.45) is 1.44. The summed E-state index contributed by atoms with van der Waals surface area (Å²) in [5, 5.41) is 24.3. The zero-order chi connectivity index (χ0) is 21.7. The molecular weight excluding hydrogens is 414 g/mol. The highest BCUT2D eigenvalue weighted by atomic mass is 32.2.